The first-order valence-electron chi connectivity index (χ1n) is 10.4. The van der Waals surface area contributed by atoms with Gasteiger partial charge in [0.1, 0.15) is 5.75 Å². The second kappa shape index (κ2) is 8.27. The SMILES string of the molecule is COc1ccc(C(=O)N2CCC(CC3CC3)(NC(=O)c3ccccc3)CC2)cc1. The average Bonchev–Trinajstić information content (AvgIpc) is 3.58. The van der Waals surface area contributed by atoms with Crippen LogP contribution in [0.3, 0.4) is 0 Å². The lowest BCUT2D eigenvalue weighted by Gasteiger charge is -2.43. The summed E-state index contributed by atoms with van der Waals surface area (Å²) in [7, 11) is 1.62. The number of carbonyl (C=O) groups excluding carboxylic acids is 2. The fraction of sp³-hybridized carbons (Fsp3) is 0.417. The molecule has 0 unspecified atom stereocenters. The molecule has 1 saturated heterocycles. The van der Waals surface area contributed by atoms with Gasteiger partial charge >= 0.3 is 0 Å². The maximum absolute atomic E-state index is 12.9. The first-order valence-corrected chi connectivity index (χ1v) is 10.4. The van der Waals surface area contributed by atoms with E-state index in [9.17, 15) is 9.59 Å². The van der Waals surface area contributed by atoms with Crippen molar-refractivity contribution in [2.75, 3.05) is 20.2 Å². The van der Waals surface area contributed by atoms with Gasteiger partial charge in [-0.05, 0) is 61.6 Å². The van der Waals surface area contributed by atoms with Crippen molar-refractivity contribution in [2.24, 2.45) is 5.92 Å². The Morgan fingerprint density at radius 1 is 1.00 bits per heavy atom. The maximum atomic E-state index is 12.9. The van der Waals surface area contributed by atoms with E-state index >= 15 is 0 Å². The second-order valence-corrected chi connectivity index (χ2v) is 8.27. The van der Waals surface area contributed by atoms with Gasteiger partial charge in [-0.25, -0.2) is 0 Å². The Labute approximate surface area is 172 Å². The molecule has 5 heteroatoms. The molecular formula is C24H28N2O3. The number of carbonyl (C=O) groups is 2. The molecule has 4 rings (SSSR count). The van der Waals surface area contributed by atoms with Crippen LogP contribution in [0.4, 0.5) is 0 Å². The molecule has 0 atom stereocenters. The van der Waals surface area contributed by atoms with Crippen LogP contribution in [0.25, 0.3) is 0 Å². The molecule has 1 N–H and O–H groups in total. The number of nitrogens with one attached hydrogen (secondary N) is 1. The van der Waals surface area contributed by atoms with Gasteiger partial charge in [-0.1, -0.05) is 31.0 Å². The van der Waals surface area contributed by atoms with Gasteiger partial charge in [-0.2, -0.15) is 0 Å². The molecule has 1 saturated carbocycles. The average molecular weight is 392 g/mol. The Bertz CT molecular complexity index is 851. The van der Waals surface area contributed by atoms with Crippen LogP contribution in [0.2, 0.25) is 0 Å². The third-order valence-electron chi connectivity index (χ3n) is 6.14. The molecule has 1 aliphatic heterocycles. The van der Waals surface area contributed by atoms with E-state index < -0.39 is 0 Å². The van der Waals surface area contributed by atoms with Crippen molar-refractivity contribution in [1.82, 2.24) is 10.2 Å². The molecule has 1 heterocycles. The van der Waals surface area contributed by atoms with E-state index in [1.54, 1.807) is 7.11 Å². The number of hydrogen-bond acceptors (Lipinski definition) is 3. The van der Waals surface area contributed by atoms with Crippen LogP contribution < -0.4 is 10.1 Å². The van der Waals surface area contributed by atoms with Gasteiger partial charge in [0, 0.05) is 29.8 Å². The van der Waals surface area contributed by atoms with Gasteiger partial charge in [0.25, 0.3) is 11.8 Å². The topological polar surface area (TPSA) is 58.6 Å². The highest BCUT2D eigenvalue weighted by Crippen LogP contribution is 2.41. The summed E-state index contributed by atoms with van der Waals surface area (Å²) in [6.45, 7) is 1.32. The molecule has 2 aromatic carbocycles. The van der Waals surface area contributed by atoms with Crippen LogP contribution in [0.1, 0.15) is 52.8 Å². The minimum absolute atomic E-state index is 0.0128. The van der Waals surface area contributed by atoms with Crippen LogP contribution in [0.5, 0.6) is 5.75 Å². The van der Waals surface area contributed by atoms with Crippen molar-refractivity contribution in [3.05, 3.63) is 65.7 Å². The minimum Gasteiger partial charge on any atom is -0.497 e. The molecule has 1 aliphatic carbocycles. The molecule has 29 heavy (non-hydrogen) atoms. The maximum Gasteiger partial charge on any atom is 0.253 e. The van der Waals surface area contributed by atoms with Crippen molar-refractivity contribution < 1.29 is 14.3 Å². The fourth-order valence-corrected chi connectivity index (χ4v) is 4.21. The Morgan fingerprint density at radius 3 is 2.24 bits per heavy atom. The largest absolute Gasteiger partial charge is 0.497 e. The van der Waals surface area contributed by atoms with Crippen molar-refractivity contribution >= 4 is 11.8 Å². The summed E-state index contributed by atoms with van der Waals surface area (Å²) in [5.74, 6) is 1.48. The van der Waals surface area contributed by atoms with Crippen LogP contribution in [0.15, 0.2) is 54.6 Å². The van der Waals surface area contributed by atoms with Crippen LogP contribution in [-0.4, -0.2) is 42.5 Å². The van der Waals surface area contributed by atoms with Gasteiger partial charge in [0.05, 0.1) is 7.11 Å². The smallest absolute Gasteiger partial charge is 0.253 e. The predicted molar refractivity (Wildman–Crippen MR) is 112 cm³/mol. The fourth-order valence-electron chi connectivity index (χ4n) is 4.21. The molecule has 0 bridgehead atoms. The zero-order valence-corrected chi connectivity index (χ0v) is 16.9. The number of benzene rings is 2. The van der Waals surface area contributed by atoms with Gasteiger partial charge < -0.3 is 15.0 Å². The highest BCUT2D eigenvalue weighted by atomic mass is 16.5. The van der Waals surface area contributed by atoms with Crippen LogP contribution in [-0.2, 0) is 0 Å². The Kier molecular flexibility index (Phi) is 5.56. The van der Waals surface area contributed by atoms with Gasteiger partial charge in [-0.3, -0.25) is 9.59 Å². The molecular weight excluding hydrogens is 364 g/mol. The Balaban J connectivity index is 1.43. The minimum atomic E-state index is -0.217. The Morgan fingerprint density at radius 2 is 1.66 bits per heavy atom. The van der Waals surface area contributed by atoms with Gasteiger partial charge in [0.15, 0.2) is 0 Å². The van der Waals surface area contributed by atoms with Crippen LogP contribution in [0, 0.1) is 5.92 Å². The van der Waals surface area contributed by atoms with Gasteiger partial charge in [0.2, 0.25) is 0 Å². The molecule has 0 spiro atoms. The van der Waals surface area contributed by atoms with Crippen molar-refractivity contribution in [3.8, 4) is 5.75 Å². The zero-order valence-electron chi connectivity index (χ0n) is 16.9. The second-order valence-electron chi connectivity index (χ2n) is 8.27. The van der Waals surface area contributed by atoms with E-state index in [1.165, 1.54) is 12.8 Å². The van der Waals surface area contributed by atoms with E-state index in [1.807, 2.05) is 59.5 Å². The van der Waals surface area contributed by atoms with Crippen molar-refractivity contribution in [2.45, 2.75) is 37.6 Å². The summed E-state index contributed by atoms with van der Waals surface area (Å²) in [5, 5.41) is 3.34. The van der Waals surface area contributed by atoms with Crippen molar-refractivity contribution in [1.29, 1.82) is 0 Å². The lowest BCUT2D eigenvalue weighted by atomic mass is 9.82. The lowest BCUT2D eigenvalue weighted by molar-refractivity contribution is 0.0600. The van der Waals surface area contributed by atoms with E-state index in [0.29, 0.717) is 30.1 Å². The number of methoxy groups -OCH3 is 1. The third kappa shape index (κ3) is 4.61. The third-order valence-corrected chi connectivity index (χ3v) is 6.14. The summed E-state index contributed by atoms with van der Waals surface area (Å²) >= 11 is 0. The summed E-state index contributed by atoms with van der Waals surface area (Å²) in [5.41, 5.74) is 1.15. The molecule has 2 amide bonds. The molecule has 0 radical (unpaired) electrons. The monoisotopic (exact) mass is 392 g/mol. The summed E-state index contributed by atoms with van der Waals surface area (Å²) < 4.78 is 5.17. The molecule has 2 aromatic rings. The van der Waals surface area contributed by atoms with Crippen molar-refractivity contribution in [3.63, 3.8) is 0 Å². The first-order chi connectivity index (χ1) is 14.1. The Hall–Kier alpha value is -2.82. The number of hydrogen-bond donors (Lipinski definition) is 1. The normalized spacial score (nSPS) is 18.2. The number of piperidine rings is 1. The predicted octanol–water partition coefficient (Wildman–Crippen LogP) is 3.90. The molecule has 2 fully saturated rings. The van der Waals surface area contributed by atoms with E-state index in [2.05, 4.69) is 5.32 Å². The van der Waals surface area contributed by atoms with E-state index in [0.717, 1.165) is 25.0 Å². The number of likely N-dealkylation sites (tertiary alicyclic amines) is 1. The summed E-state index contributed by atoms with van der Waals surface area (Å²) in [6, 6.07) is 16.6. The zero-order chi connectivity index (χ0) is 20.3. The molecule has 5 nitrogen and oxygen atoms in total. The highest BCUT2D eigenvalue weighted by Gasteiger charge is 2.41. The van der Waals surface area contributed by atoms with E-state index in [4.69, 9.17) is 4.74 Å². The van der Waals surface area contributed by atoms with Gasteiger partial charge in [-0.15, -0.1) is 0 Å². The first kappa shape index (κ1) is 19.5. The quantitative estimate of drug-likeness (QED) is 0.811. The van der Waals surface area contributed by atoms with Crippen LogP contribution >= 0.6 is 0 Å². The highest BCUT2D eigenvalue weighted by molar-refractivity contribution is 5.95. The summed E-state index contributed by atoms with van der Waals surface area (Å²) in [4.78, 5) is 27.6. The molecule has 2 aliphatic rings. The summed E-state index contributed by atoms with van der Waals surface area (Å²) in [6.07, 6.45) is 5.10. The lowest BCUT2D eigenvalue weighted by Crippen LogP contribution is -2.56. The van der Waals surface area contributed by atoms with E-state index in [-0.39, 0.29) is 17.4 Å². The number of nitrogens with zero attached hydrogens (tertiary/aromatic N) is 1. The molecule has 0 aromatic heterocycles. The standard InChI is InChI=1S/C24H28N2O3/c1-29-21-11-9-20(10-12-21)23(28)26-15-13-24(14-16-26,17-18-7-8-18)25-22(27)19-5-3-2-4-6-19/h2-6,9-12,18H,7-8,13-17H2,1H3,(H,25,27). The number of rotatable bonds is 6. The molecule has 152 valence electrons. The number of ether oxygens (including phenoxy) is 1. The number of amides is 2.